The Labute approximate surface area is 99.6 Å². The number of anilines is 1. The smallest absolute Gasteiger partial charge is 0.380 e. The number of alkyl halides is 3. The highest BCUT2D eigenvalue weighted by atomic mass is 19.4. The van der Waals surface area contributed by atoms with E-state index in [9.17, 15) is 23.1 Å². The molecule has 0 bridgehead atoms. The lowest BCUT2D eigenvalue weighted by atomic mass is 10.0. The highest BCUT2D eigenvalue weighted by Gasteiger charge is 2.40. The van der Waals surface area contributed by atoms with Crippen LogP contribution in [0.2, 0.25) is 0 Å². The van der Waals surface area contributed by atoms with Crippen LogP contribution >= 0.6 is 0 Å². The third kappa shape index (κ3) is 2.45. The largest absolute Gasteiger partial charge is 0.451 e. The minimum Gasteiger partial charge on any atom is -0.380 e. The molecule has 0 unspecified atom stereocenters. The molecule has 100 valence electrons. The Hall–Kier alpha value is -1.64. The molecule has 0 spiro atoms. The number of carbonyl (C=O) groups excluding carboxylic acids is 1. The molecular weight excluding hydrogens is 253 g/mol. The third-order valence-corrected chi connectivity index (χ3v) is 2.83. The van der Waals surface area contributed by atoms with E-state index in [0.29, 0.717) is 12.8 Å². The molecule has 0 aromatic carbocycles. The van der Waals surface area contributed by atoms with E-state index in [1.807, 2.05) is 0 Å². The van der Waals surface area contributed by atoms with Gasteiger partial charge in [0.1, 0.15) is 5.60 Å². The normalized spacial score (nSPS) is 18.9. The van der Waals surface area contributed by atoms with Crippen LogP contribution in [0.25, 0.3) is 0 Å². The van der Waals surface area contributed by atoms with Crippen LogP contribution < -0.4 is 5.32 Å². The Morgan fingerprint density at radius 3 is 2.50 bits per heavy atom. The number of amides is 1. The standard InChI is InChI=1S/C9H11F3N4O2/c10-9(11,12)5-13-7(16-15-5)14-6(17)8(18)3-1-2-4-8/h18H,1-4H2,(H2,13,14,15,16,17). The zero-order valence-electron chi connectivity index (χ0n) is 9.21. The average Bonchev–Trinajstić information content (AvgIpc) is 2.86. The average molecular weight is 264 g/mol. The van der Waals surface area contributed by atoms with Gasteiger partial charge in [0, 0.05) is 0 Å². The van der Waals surface area contributed by atoms with Gasteiger partial charge in [0.2, 0.25) is 11.8 Å². The lowest BCUT2D eigenvalue weighted by molar-refractivity contribution is -0.144. The summed E-state index contributed by atoms with van der Waals surface area (Å²) in [6.07, 6.45) is -2.68. The van der Waals surface area contributed by atoms with E-state index in [0.717, 1.165) is 0 Å². The molecule has 1 saturated carbocycles. The van der Waals surface area contributed by atoms with Gasteiger partial charge in [-0.2, -0.15) is 18.2 Å². The van der Waals surface area contributed by atoms with Crippen LogP contribution in [0.4, 0.5) is 19.1 Å². The van der Waals surface area contributed by atoms with Crippen LogP contribution in [-0.4, -0.2) is 31.8 Å². The number of halogens is 3. The summed E-state index contributed by atoms with van der Waals surface area (Å²) >= 11 is 0. The second-order valence-corrected chi connectivity index (χ2v) is 4.20. The predicted octanol–water partition coefficient (Wildman–Crippen LogP) is 1.07. The van der Waals surface area contributed by atoms with Gasteiger partial charge in [0.25, 0.3) is 5.91 Å². The summed E-state index contributed by atoms with van der Waals surface area (Å²) in [5, 5.41) is 16.9. The molecule has 1 fully saturated rings. The summed E-state index contributed by atoms with van der Waals surface area (Å²) in [7, 11) is 0. The van der Waals surface area contributed by atoms with Crippen molar-refractivity contribution in [1.29, 1.82) is 0 Å². The molecule has 0 aliphatic heterocycles. The van der Waals surface area contributed by atoms with Crippen LogP contribution in [0.5, 0.6) is 0 Å². The summed E-state index contributed by atoms with van der Waals surface area (Å²) < 4.78 is 36.7. The number of carbonyl (C=O) groups is 1. The summed E-state index contributed by atoms with van der Waals surface area (Å²) in [6, 6.07) is 0. The maximum absolute atomic E-state index is 12.2. The van der Waals surface area contributed by atoms with Gasteiger partial charge in [-0.15, -0.1) is 5.10 Å². The van der Waals surface area contributed by atoms with Crippen molar-refractivity contribution >= 4 is 11.9 Å². The molecular formula is C9H11F3N4O2. The molecule has 1 aromatic rings. The van der Waals surface area contributed by atoms with Crippen molar-refractivity contribution in [2.75, 3.05) is 5.32 Å². The fourth-order valence-corrected chi connectivity index (χ4v) is 1.85. The van der Waals surface area contributed by atoms with Crippen LogP contribution in [0, 0.1) is 0 Å². The van der Waals surface area contributed by atoms with E-state index >= 15 is 0 Å². The van der Waals surface area contributed by atoms with Crippen molar-refractivity contribution in [2.24, 2.45) is 0 Å². The third-order valence-electron chi connectivity index (χ3n) is 2.83. The SMILES string of the molecule is O=C(Nc1n[nH]c(C(F)(F)F)n1)C1(O)CCCC1. The van der Waals surface area contributed by atoms with Gasteiger partial charge in [-0.1, -0.05) is 0 Å². The van der Waals surface area contributed by atoms with E-state index in [-0.39, 0.29) is 12.8 Å². The maximum Gasteiger partial charge on any atom is 0.451 e. The number of rotatable bonds is 2. The van der Waals surface area contributed by atoms with E-state index in [2.05, 4.69) is 15.4 Å². The molecule has 1 aromatic heterocycles. The fraction of sp³-hybridized carbons (Fsp3) is 0.667. The quantitative estimate of drug-likeness (QED) is 0.745. The molecule has 1 aliphatic rings. The topological polar surface area (TPSA) is 90.9 Å². The van der Waals surface area contributed by atoms with Crippen molar-refractivity contribution in [1.82, 2.24) is 15.2 Å². The first kappa shape index (κ1) is 12.8. The van der Waals surface area contributed by atoms with Gasteiger partial charge in [-0.05, 0) is 25.7 Å². The molecule has 9 heteroatoms. The molecule has 0 atom stereocenters. The number of aromatic amines is 1. The first-order valence-corrected chi connectivity index (χ1v) is 5.35. The first-order valence-electron chi connectivity index (χ1n) is 5.35. The van der Waals surface area contributed by atoms with Gasteiger partial charge in [-0.25, -0.2) is 0 Å². The van der Waals surface area contributed by atoms with Crippen molar-refractivity contribution in [3.63, 3.8) is 0 Å². The lowest BCUT2D eigenvalue weighted by Gasteiger charge is -2.19. The Morgan fingerprint density at radius 2 is 2.00 bits per heavy atom. The Kier molecular flexibility index (Phi) is 3.01. The minimum absolute atomic E-state index is 0.287. The van der Waals surface area contributed by atoms with E-state index in [1.165, 1.54) is 0 Å². The second kappa shape index (κ2) is 4.23. The summed E-state index contributed by atoms with van der Waals surface area (Å²) in [4.78, 5) is 14.7. The molecule has 6 nitrogen and oxygen atoms in total. The molecule has 3 N–H and O–H groups in total. The second-order valence-electron chi connectivity index (χ2n) is 4.20. The number of H-pyrrole nitrogens is 1. The van der Waals surface area contributed by atoms with E-state index in [1.54, 1.807) is 5.10 Å². The highest BCUT2D eigenvalue weighted by molar-refractivity contribution is 5.95. The molecule has 2 rings (SSSR count). The van der Waals surface area contributed by atoms with Crippen LogP contribution in [0.15, 0.2) is 0 Å². The van der Waals surface area contributed by atoms with Gasteiger partial charge in [0.15, 0.2) is 0 Å². The summed E-state index contributed by atoms with van der Waals surface area (Å²) in [5.41, 5.74) is -1.53. The first-order chi connectivity index (χ1) is 8.31. The van der Waals surface area contributed by atoms with Crippen molar-refractivity contribution in [3.8, 4) is 0 Å². The van der Waals surface area contributed by atoms with Crippen molar-refractivity contribution in [2.45, 2.75) is 37.5 Å². The predicted molar refractivity (Wildman–Crippen MR) is 53.4 cm³/mol. The van der Waals surface area contributed by atoms with Gasteiger partial charge in [-0.3, -0.25) is 15.2 Å². The molecule has 1 aliphatic carbocycles. The van der Waals surface area contributed by atoms with Gasteiger partial charge < -0.3 is 5.11 Å². The Bertz CT molecular complexity index is 451. The maximum atomic E-state index is 12.2. The summed E-state index contributed by atoms with van der Waals surface area (Å²) in [5.74, 6) is -2.56. The minimum atomic E-state index is -4.65. The Balaban J connectivity index is 2.06. The highest BCUT2D eigenvalue weighted by Crippen LogP contribution is 2.31. The molecule has 1 amide bonds. The fourth-order valence-electron chi connectivity index (χ4n) is 1.85. The molecule has 0 radical (unpaired) electrons. The van der Waals surface area contributed by atoms with Gasteiger partial charge in [0.05, 0.1) is 0 Å². The summed E-state index contributed by atoms with van der Waals surface area (Å²) in [6.45, 7) is 0. The van der Waals surface area contributed by atoms with Crippen molar-refractivity contribution in [3.05, 3.63) is 5.82 Å². The molecule has 18 heavy (non-hydrogen) atoms. The van der Waals surface area contributed by atoms with Gasteiger partial charge >= 0.3 is 6.18 Å². The van der Waals surface area contributed by atoms with E-state index < -0.39 is 29.5 Å². The number of aromatic nitrogens is 3. The zero-order valence-corrected chi connectivity index (χ0v) is 9.21. The zero-order chi connectivity index (χ0) is 13.4. The van der Waals surface area contributed by atoms with Crippen LogP contribution in [0.1, 0.15) is 31.5 Å². The lowest BCUT2D eigenvalue weighted by Crippen LogP contribution is -2.40. The number of hydrogen-bond donors (Lipinski definition) is 3. The van der Waals surface area contributed by atoms with Crippen LogP contribution in [-0.2, 0) is 11.0 Å². The van der Waals surface area contributed by atoms with Crippen molar-refractivity contribution < 1.29 is 23.1 Å². The number of nitrogens with one attached hydrogen (secondary N) is 2. The number of hydrogen-bond acceptors (Lipinski definition) is 4. The number of nitrogens with zero attached hydrogens (tertiary/aromatic N) is 2. The number of aliphatic hydroxyl groups is 1. The van der Waals surface area contributed by atoms with Crippen LogP contribution in [0.3, 0.4) is 0 Å². The Morgan fingerprint density at radius 1 is 1.39 bits per heavy atom. The van der Waals surface area contributed by atoms with E-state index in [4.69, 9.17) is 0 Å². The molecule has 1 heterocycles. The molecule has 0 saturated heterocycles. The monoisotopic (exact) mass is 264 g/mol.